The van der Waals surface area contributed by atoms with Crippen LogP contribution in [-0.2, 0) is 0 Å². The van der Waals surface area contributed by atoms with Gasteiger partial charge in [-0.1, -0.05) is 18.2 Å². The van der Waals surface area contributed by atoms with Crippen molar-refractivity contribution >= 4 is 29.2 Å². The summed E-state index contributed by atoms with van der Waals surface area (Å²) in [7, 11) is 0. The van der Waals surface area contributed by atoms with E-state index >= 15 is 0 Å². The molecule has 0 amide bonds. The van der Waals surface area contributed by atoms with Crippen LogP contribution in [0.3, 0.4) is 0 Å². The molecule has 0 unspecified atom stereocenters. The van der Waals surface area contributed by atoms with Gasteiger partial charge in [0, 0.05) is 0 Å². The Balaban J connectivity index is 2.74. The molecule has 1 N–H and O–H groups in total. The summed E-state index contributed by atoms with van der Waals surface area (Å²) in [5.41, 5.74) is 1.69. The second-order valence-electron chi connectivity index (χ2n) is 3.12. The van der Waals surface area contributed by atoms with E-state index in [9.17, 15) is 4.79 Å². The summed E-state index contributed by atoms with van der Waals surface area (Å²) in [6, 6.07) is 7.54. The van der Waals surface area contributed by atoms with Crippen LogP contribution in [0, 0.1) is 4.77 Å². The molecule has 0 aliphatic carbocycles. The summed E-state index contributed by atoms with van der Waals surface area (Å²) in [5.74, 6) is -0.125. The molecule has 0 bridgehead atoms. The average molecular weight is 218 g/mol. The highest BCUT2D eigenvalue weighted by Gasteiger charge is 2.07. The van der Waals surface area contributed by atoms with Gasteiger partial charge in [0.1, 0.15) is 0 Å². The van der Waals surface area contributed by atoms with Crippen molar-refractivity contribution < 1.29 is 4.79 Å². The van der Waals surface area contributed by atoms with Crippen LogP contribution in [0.1, 0.15) is 11.7 Å². The molecule has 4 heteroatoms. The van der Waals surface area contributed by atoms with Crippen molar-refractivity contribution in [3.8, 4) is 0 Å². The third-order valence-electron chi connectivity index (χ3n) is 2.12. The molecule has 1 heterocycles. The SMILES string of the molecule is CC=CC(=O)n1c(=S)[nH]c2ccccc21. The molecule has 2 aromatic rings. The van der Waals surface area contributed by atoms with Crippen LogP contribution in [0.25, 0.3) is 11.0 Å². The Morgan fingerprint density at radius 3 is 2.93 bits per heavy atom. The van der Waals surface area contributed by atoms with Crippen LogP contribution >= 0.6 is 12.2 Å². The fourth-order valence-electron chi connectivity index (χ4n) is 1.49. The van der Waals surface area contributed by atoms with Gasteiger partial charge in [-0.05, 0) is 37.4 Å². The van der Waals surface area contributed by atoms with E-state index in [0.29, 0.717) is 4.77 Å². The number of imidazole rings is 1. The zero-order valence-electron chi connectivity index (χ0n) is 8.23. The van der Waals surface area contributed by atoms with Crippen molar-refractivity contribution in [2.45, 2.75) is 6.92 Å². The van der Waals surface area contributed by atoms with Crippen molar-refractivity contribution in [3.05, 3.63) is 41.2 Å². The van der Waals surface area contributed by atoms with Gasteiger partial charge in [0.25, 0.3) is 5.91 Å². The van der Waals surface area contributed by atoms with Crippen molar-refractivity contribution in [3.63, 3.8) is 0 Å². The smallest absolute Gasteiger partial charge is 0.257 e. The van der Waals surface area contributed by atoms with Gasteiger partial charge in [-0.25, -0.2) is 0 Å². The number of carbonyl (C=O) groups excluding carboxylic acids is 1. The summed E-state index contributed by atoms with van der Waals surface area (Å²) < 4.78 is 1.92. The number of aromatic amines is 1. The van der Waals surface area contributed by atoms with E-state index in [1.54, 1.807) is 13.0 Å². The minimum Gasteiger partial charge on any atom is -0.330 e. The minimum absolute atomic E-state index is 0.125. The first kappa shape index (κ1) is 9.86. The number of carbonyl (C=O) groups is 1. The van der Waals surface area contributed by atoms with E-state index in [0.717, 1.165) is 11.0 Å². The number of fused-ring (bicyclic) bond motifs is 1. The van der Waals surface area contributed by atoms with Crippen LogP contribution in [0.4, 0.5) is 0 Å². The Hall–Kier alpha value is -1.68. The maximum absolute atomic E-state index is 11.7. The van der Waals surface area contributed by atoms with Gasteiger partial charge in [0.15, 0.2) is 4.77 Å². The molecule has 0 saturated heterocycles. The van der Waals surface area contributed by atoms with Crippen molar-refractivity contribution in [1.29, 1.82) is 0 Å². The van der Waals surface area contributed by atoms with Gasteiger partial charge in [0.05, 0.1) is 11.0 Å². The topological polar surface area (TPSA) is 37.8 Å². The lowest BCUT2D eigenvalue weighted by atomic mass is 10.3. The molecule has 2 rings (SSSR count). The van der Waals surface area contributed by atoms with E-state index in [1.807, 2.05) is 24.3 Å². The molecule has 76 valence electrons. The first-order chi connectivity index (χ1) is 7.24. The fourth-order valence-corrected chi connectivity index (χ4v) is 1.79. The van der Waals surface area contributed by atoms with Crippen molar-refractivity contribution in [2.75, 3.05) is 0 Å². The second kappa shape index (κ2) is 3.82. The van der Waals surface area contributed by atoms with Crippen LogP contribution in [0.2, 0.25) is 0 Å². The van der Waals surface area contributed by atoms with Gasteiger partial charge in [-0.3, -0.25) is 9.36 Å². The summed E-state index contributed by atoms with van der Waals surface area (Å²) in [4.78, 5) is 14.7. The van der Waals surface area contributed by atoms with Gasteiger partial charge < -0.3 is 4.98 Å². The molecule has 0 aliphatic heterocycles. The van der Waals surface area contributed by atoms with Gasteiger partial charge in [-0.2, -0.15) is 0 Å². The summed E-state index contributed by atoms with van der Waals surface area (Å²) in [6.45, 7) is 1.80. The molecule has 0 fully saturated rings. The quantitative estimate of drug-likeness (QED) is 0.590. The molecule has 15 heavy (non-hydrogen) atoms. The highest BCUT2D eigenvalue weighted by atomic mass is 32.1. The van der Waals surface area contributed by atoms with E-state index in [2.05, 4.69) is 4.98 Å². The van der Waals surface area contributed by atoms with E-state index in [1.165, 1.54) is 10.6 Å². The van der Waals surface area contributed by atoms with E-state index in [-0.39, 0.29) is 5.91 Å². The predicted molar refractivity (Wildman–Crippen MR) is 62.6 cm³/mol. The second-order valence-corrected chi connectivity index (χ2v) is 3.51. The third kappa shape index (κ3) is 1.64. The van der Waals surface area contributed by atoms with Gasteiger partial charge in [0.2, 0.25) is 0 Å². The number of hydrogen-bond acceptors (Lipinski definition) is 2. The Kier molecular flexibility index (Phi) is 2.51. The summed E-state index contributed by atoms with van der Waals surface area (Å²) >= 11 is 5.10. The molecule has 0 radical (unpaired) electrons. The van der Waals surface area contributed by atoms with Crippen LogP contribution in [0.5, 0.6) is 0 Å². The molecule has 0 saturated carbocycles. The number of para-hydroxylation sites is 2. The first-order valence-corrected chi connectivity index (χ1v) is 5.01. The molecule has 3 nitrogen and oxygen atoms in total. The van der Waals surface area contributed by atoms with Crippen LogP contribution < -0.4 is 0 Å². The molecule has 1 aromatic heterocycles. The van der Waals surface area contributed by atoms with Crippen molar-refractivity contribution in [1.82, 2.24) is 9.55 Å². The number of rotatable bonds is 1. The highest BCUT2D eigenvalue weighted by molar-refractivity contribution is 7.71. The normalized spacial score (nSPS) is 11.3. The number of H-pyrrole nitrogens is 1. The Bertz CT molecular complexity index is 592. The van der Waals surface area contributed by atoms with Gasteiger partial charge in [-0.15, -0.1) is 0 Å². The number of aromatic nitrogens is 2. The fraction of sp³-hybridized carbons (Fsp3) is 0.0909. The molecular weight excluding hydrogens is 208 g/mol. The Labute approximate surface area is 92.0 Å². The standard InChI is InChI=1S/C11H10N2OS/c1-2-5-10(14)13-9-7-4-3-6-8(9)12-11(13)15/h2-7H,1H3,(H,12,15). The largest absolute Gasteiger partial charge is 0.330 e. The number of hydrogen-bond donors (Lipinski definition) is 1. The predicted octanol–water partition coefficient (Wildman–Crippen LogP) is 2.92. The molecule has 0 spiro atoms. The highest BCUT2D eigenvalue weighted by Crippen LogP contribution is 2.13. The summed E-state index contributed by atoms with van der Waals surface area (Å²) in [5, 5.41) is 0. The summed E-state index contributed by atoms with van der Waals surface area (Å²) in [6.07, 6.45) is 3.20. The molecular formula is C11H10N2OS. The average Bonchev–Trinajstić information content (AvgIpc) is 2.54. The van der Waals surface area contributed by atoms with Crippen molar-refractivity contribution in [2.24, 2.45) is 0 Å². The van der Waals surface area contributed by atoms with E-state index < -0.39 is 0 Å². The monoisotopic (exact) mass is 218 g/mol. The lowest BCUT2D eigenvalue weighted by molar-refractivity contribution is 0.0972. The van der Waals surface area contributed by atoms with Crippen LogP contribution in [0.15, 0.2) is 36.4 Å². The zero-order chi connectivity index (χ0) is 10.8. The maximum Gasteiger partial charge on any atom is 0.257 e. The number of nitrogens with zero attached hydrogens (tertiary/aromatic N) is 1. The maximum atomic E-state index is 11.7. The number of nitrogens with one attached hydrogen (secondary N) is 1. The third-order valence-corrected chi connectivity index (χ3v) is 2.40. The van der Waals surface area contributed by atoms with Crippen LogP contribution in [-0.4, -0.2) is 15.5 Å². The number of benzene rings is 1. The minimum atomic E-state index is -0.125. The Morgan fingerprint density at radius 1 is 1.47 bits per heavy atom. The zero-order valence-corrected chi connectivity index (χ0v) is 9.04. The lowest BCUT2D eigenvalue weighted by Gasteiger charge is -1.97. The first-order valence-electron chi connectivity index (χ1n) is 4.61. The Morgan fingerprint density at radius 2 is 2.20 bits per heavy atom. The van der Waals surface area contributed by atoms with Gasteiger partial charge >= 0.3 is 0 Å². The lowest BCUT2D eigenvalue weighted by Crippen LogP contribution is -2.06. The molecule has 1 aromatic carbocycles. The molecule has 0 aliphatic rings. The number of allylic oxidation sites excluding steroid dienone is 2. The van der Waals surface area contributed by atoms with E-state index in [4.69, 9.17) is 12.2 Å². The molecule has 0 atom stereocenters.